The van der Waals surface area contributed by atoms with Crippen LogP contribution in [0.25, 0.3) is 10.6 Å². The number of hydrogen-bond acceptors (Lipinski definition) is 4. The Bertz CT molecular complexity index is 767. The number of aromatic nitrogens is 1. The van der Waals surface area contributed by atoms with Crippen molar-refractivity contribution in [2.75, 3.05) is 5.32 Å². The van der Waals surface area contributed by atoms with E-state index in [0.717, 1.165) is 22.1 Å². The van der Waals surface area contributed by atoms with E-state index >= 15 is 0 Å². The molecule has 5 heteroatoms. The summed E-state index contributed by atoms with van der Waals surface area (Å²) in [4.78, 5) is 15.4. The first-order chi connectivity index (χ1) is 10.7. The second kappa shape index (κ2) is 6.41. The zero-order valence-corrected chi connectivity index (χ0v) is 12.8. The number of thiazole rings is 1. The molecule has 3 rings (SSSR count). The molecule has 3 aromatic rings. The summed E-state index contributed by atoms with van der Waals surface area (Å²) in [5.41, 5.74) is 0.988. The molecule has 1 heterocycles. The summed E-state index contributed by atoms with van der Waals surface area (Å²) in [6.07, 6.45) is 0. The Hall–Kier alpha value is -2.66. The number of amides is 1. The molecule has 0 unspecified atom stereocenters. The van der Waals surface area contributed by atoms with E-state index in [4.69, 9.17) is 4.74 Å². The summed E-state index contributed by atoms with van der Waals surface area (Å²) in [6, 6.07) is 17.4. The van der Waals surface area contributed by atoms with E-state index in [1.807, 2.05) is 60.0 Å². The maximum absolute atomic E-state index is 11.0. The van der Waals surface area contributed by atoms with Crippen LogP contribution in [-0.2, 0) is 4.79 Å². The molecule has 1 amide bonds. The van der Waals surface area contributed by atoms with E-state index in [0.29, 0.717) is 5.82 Å². The van der Waals surface area contributed by atoms with Crippen molar-refractivity contribution in [3.05, 3.63) is 60.0 Å². The lowest BCUT2D eigenvalue weighted by atomic mass is 10.2. The van der Waals surface area contributed by atoms with Crippen molar-refractivity contribution in [3.63, 3.8) is 0 Å². The molecule has 22 heavy (non-hydrogen) atoms. The van der Waals surface area contributed by atoms with Gasteiger partial charge in [0.2, 0.25) is 5.91 Å². The van der Waals surface area contributed by atoms with Crippen molar-refractivity contribution in [2.45, 2.75) is 6.92 Å². The number of anilines is 1. The number of rotatable bonds is 4. The Labute approximate surface area is 132 Å². The van der Waals surface area contributed by atoms with E-state index in [1.54, 1.807) is 0 Å². The molecule has 2 aromatic carbocycles. The van der Waals surface area contributed by atoms with E-state index in [2.05, 4.69) is 10.3 Å². The fourth-order valence-corrected chi connectivity index (χ4v) is 2.69. The maximum atomic E-state index is 11.0. The Morgan fingerprint density at radius 2 is 1.73 bits per heavy atom. The highest BCUT2D eigenvalue weighted by molar-refractivity contribution is 7.13. The van der Waals surface area contributed by atoms with Gasteiger partial charge < -0.3 is 10.1 Å². The van der Waals surface area contributed by atoms with E-state index < -0.39 is 0 Å². The Morgan fingerprint density at radius 3 is 2.41 bits per heavy atom. The predicted octanol–water partition coefficient (Wildman–Crippen LogP) is 4.56. The van der Waals surface area contributed by atoms with Gasteiger partial charge in [-0.2, -0.15) is 0 Å². The fraction of sp³-hybridized carbons (Fsp3) is 0.0588. The number of benzene rings is 2. The average molecular weight is 310 g/mol. The lowest BCUT2D eigenvalue weighted by molar-refractivity contribution is -0.114. The van der Waals surface area contributed by atoms with Crippen LogP contribution in [0.1, 0.15) is 6.92 Å². The first-order valence-electron chi connectivity index (χ1n) is 6.77. The molecule has 1 aromatic heterocycles. The zero-order valence-electron chi connectivity index (χ0n) is 11.9. The average Bonchev–Trinajstić information content (AvgIpc) is 2.97. The predicted molar refractivity (Wildman–Crippen MR) is 88.4 cm³/mol. The van der Waals surface area contributed by atoms with E-state index in [-0.39, 0.29) is 5.91 Å². The van der Waals surface area contributed by atoms with Crippen LogP contribution in [0.15, 0.2) is 60.0 Å². The quantitative estimate of drug-likeness (QED) is 0.768. The van der Waals surface area contributed by atoms with Gasteiger partial charge in [0.1, 0.15) is 22.3 Å². The molecule has 0 aliphatic rings. The highest BCUT2D eigenvalue weighted by Gasteiger charge is 2.06. The van der Waals surface area contributed by atoms with Gasteiger partial charge in [0.25, 0.3) is 0 Å². The lowest BCUT2D eigenvalue weighted by Gasteiger charge is -2.05. The van der Waals surface area contributed by atoms with Crippen molar-refractivity contribution in [2.24, 2.45) is 0 Å². The molecule has 0 bridgehead atoms. The molecular formula is C17H14N2O2S. The Morgan fingerprint density at radius 1 is 1.05 bits per heavy atom. The SMILES string of the molecule is CC(=O)Nc1csc(-c2ccc(Oc3ccccc3)cc2)n1. The largest absolute Gasteiger partial charge is 0.457 e. The monoisotopic (exact) mass is 310 g/mol. The molecule has 0 saturated carbocycles. The summed E-state index contributed by atoms with van der Waals surface area (Å²) < 4.78 is 5.75. The normalized spacial score (nSPS) is 10.2. The van der Waals surface area contributed by atoms with Crippen LogP contribution in [0, 0.1) is 0 Å². The summed E-state index contributed by atoms with van der Waals surface area (Å²) in [5.74, 6) is 2.03. The molecule has 0 atom stereocenters. The number of carbonyl (C=O) groups is 1. The van der Waals surface area contributed by atoms with Crippen molar-refractivity contribution in [1.82, 2.24) is 4.98 Å². The molecule has 110 valence electrons. The van der Waals surface area contributed by atoms with Crippen LogP contribution in [0.3, 0.4) is 0 Å². The van der Waals surface area contributed by atoms with Crippen molar-refractivity contribution in [1.29, 1.82) is 0 Å². The summed E-state index contributed by atoms with van der Waals surface area (Å²) in [5, 5.41) is 5.36. The lowest BCUT2D eigenvalue weighted by Crippen LogP contribution is -2.05. The molecule has 0 fully saturated rings. The molecule has 0 spiro atoms. The van der Waals surface area contributed by atoms with Gasteiger partial charge in [-0.15, -0.1) is 11.3 Å². The number of ether oxygens (including phenoxy) is 1. The smallest absolute Gasteiger partial charge is 0.222 e. The van der Waals surface area contributed by atoms with Crippen molar-refractivity contribution < 1.29 is 9.53 Å². The minimum absolute atomic E-state index is 0.122. The summed E-state index contributed by atoms with van der Waals surface area (Å²) in [6.45, 7) is 1.47. The number of hydrogen-bond donors (Lipinski definition) is 1. The third-order valence-corrected chi connectivity index (χ3v) is 3.78. The topological polar surface area (TPSA) is 51.2 Å². The molecule has 0 saturated heterocycles. The Kier molecular flexibility index (Phi) is 4.16. The highest BCUT2D eigenvalue weighted by Crippen LogP contribution is 2.29. The van der Waals surface area contributed by atoms with Gasteiger partial charge in [0, 0.05) is 17.9 Å². The van der Waals surface area contributed by atoms with Gasteiger partial charge >= 0.3 is 0 Å². The van der Waals surface area contributed by atoms with Crippen LogP contribution >= 0.6 is 11.3 Å². The number of carbonyl (C=O) groups excluding carboxylic acids is 1. The van der Waals surface area contributed by atoms with Crippen LogP contribution < -0.4 is 10.1 Å². The van der Waals surface area contributed by atoms with Gasteiger partial charge in [0.15, 0.2) is 0 Å². The molecule has 0 radical (unpaired) electrons. The molecular weight excluding hydrogens is 296 g/mol. The van der Waals surface area contributed by atoms with Gasteiger partial charge in [0.05, 0.1) is 0 Å². The number of nitrogens with one attached hydrogen (secondary N) is 1. The van der Waals surface area contributed by atoms with Crippen molar-refractivity contribution >= 4 is 23.1 Å². The van der Waals surface area contributed by atoms with Gasteiger partial charge in [-0.05, 0) is 36.4 Å². The molecule has 1 N–H and O–H groups in total. The third-order valence-electron chi connectivity index (χ3n) is 2.89. The van der Waals surface area contributed by atoms with Crippen LogP contribution in [0.5, 0.6) is 11.5 Å². The van der Waals surface area contributed by atoms with Crippen molar-refractivity contribution in [3.8, 4) is 22.1 Å². The number of nitrogens with zero attached hydrogens (tertiary/aromatic N) is 1. The maximum Gasteiger partial charge on any atom is 0.222 e. The minimum atomic E-state index is -0.122. The standard InChI is InChI=1S/C17H14N2O2S/c1-12(20)18-16-11-22-17(19-16)13-7-9-15(10-8-13)21-14-5-3-2-4-6-14/h2-11H,1H3,(H,18,20). The van der Waals surface area contributed by atoms with Crippen LogP contribution in [-0.4, -0.2) is 10.9 Å². The highest BCUT2D eigenvalue weighted by atomic mass is 32.1. The van der Waals surface area contributed by atoms with Crippen LogP contribution in [0.4, 0.5) is 5.82 Å². The molecule has 0 aliphatic carbocycles. The van der Waals surface area contributed by atoms with Gasteiger partial charge in [-0.3, -0.25) is 4.79 Å². The van der Waals surface area contributed by atoms with E-state index in [1.165, 1.54) is 18.3 Å². The summed E-state index contributed by atoms with van der Waals surface area (Å²) in [7, 11) is 0. The van der Waals surface area contributed by atoms with Gasteiger partial charge in [-0.25, -0.2) is 4.98 Å². The second-order valence-electron chi connectivity index (χ2n) is 4.66. The minimum Gasteiger partial charge on any atom is -0.457 e. The second-order valence-corrected chi connectivity index (χ2v) is 5.52. The first kappa shape index (κ1) is 14.3. The molecule has 4 nitrogen and oxygen atoms in total. The zero-order chi connectivity index (χ0) is 15.4. The number of para-hydroxylation sites is 1. The van der Waals surface area contributed by atoms with Gasteiger partial charge in [-0.1, -0.05) is 18.2 Å². The first-order valence-corrected chi connectivity index (χ1v) is 7.65. The van der Waals surface area contributed by atoms with E-state index in [9.17, 15) is 4.79 Å². The van der Waals surface area contributed by atoms with Crippen LogP contribution in [0.2, 0.25) is 0 Å². The third kappa shape index (κ3) is 3.51. The Balaban J connectivity index is 1.73. The molecule has 0 aliphatic heterocycles. The summed E-state index contributed by atoms with van der Waals surface area (Å²) >= 11 is 1.49. The fourth-order valence-electron chi connectivity index (χ4n) is 1.93.